The molecule has 0 spiro atoms. The van der Waals surface area contributed by atoms with Crippen molar-refractivity contribution in [2.75, 3.05) is 25.1 Å². The Morgan fingerprint density at radius 1 is 1.55 bits per heavy atom. The van der Waals surface area contributed by atoms with Crippen molar-refractivity contribution in [3.8, 4) is 0 Å². The number of anilines is 1. The van der Waals surface area contributed by atoms with Crippen LogP contribution in [0.25, 0.3) is 0 Å². The van der Waals surface area contributed by atoms with Gasteiger partial charge in [-0.3, -0.25) is 14.9 Å². The summed E-state index contributed by atoms with van der Waals surface area (Å²) < 4.78 is 18.2. The van der Waals surface area contributed by atoms with Crippen LogP contribution in [0.1, 0.15) is 13.3 Å². The van der Waals surface area contributed by atoms with Crippen LogP contribution in [0.4, 0.5) is 15.8 Å². The van der Waals surface area contributed by atoms with Crippen molar-refractivity contribution in [3.05, 3.63) is 33.1 Å². The number of nitrogens with zero attached hydrogens (tertiary/aromatic N) is 2. The minimum Gasteiger partial charge on any atom is -0.466 e. The molecule has 0 bridgehead atoms. The summed E-state index contributed by atoms with van der Waals surface area (Å²) in [4.78, 5) is 22.9. The number of hydrogen-bond acceptors (Lipinski definition) is 5. The Kier molecular flexibility index (Phi) is 5.69. The molecule has 0 fully saturated rings. The normalized spacial score (nSPS) is 10.2. The lowest BCUT2D eigenvalue weighted by Gasteiger charge is -2.18. The van der Waals surface area contributed by atoms with E-state index in [4.69, 9.17) is 16.3 Å². The van der Waals surface area contributed by atoms with Gasteiger partial charge in [-0.25, -0.2) is 4.39 Å². The summed E-state index contributed by atoms with van der Waals surface area (Å²) in [5.41, 5.74) is -0.260. The Bertz CT molecular complexity index is 524. The molecular weight excluding hydrogens is 291 g/mol. The van der Waals surface area contributed by atoms with E-state index in [1.165, 1.54) is 11.9 Å². The summed E-state index contributed by atoms with van der Waals surface area (Å²) in [7, 11) is 1.52. The first kappa shape index (κ1) is 16.2. The Morgan fingerprint density at radius 3 is 2.75 bits per heavy atom. The molecule has 20 heavy (non-hydrogen) atoms. The standard InChI is InChI=1S/C12H14ClFN2O4/c1-3-20-12(17)4-5-15(2)10-7-9(14)8(13)6-11(10)16(18)19/h6-7H,3-5H2,1-2H3. The first-order valence-corrected chi connectivity index (χ1v) is 6.24. The molecule has 1 aromatic rings. The fourth-order valence-electron chi connectivity index (χ4n) is 1.59. The van der Waals surface area contributed by atoms with E-state index in [-0.39, 0.29) is 36.0 Å². The first-order chi connectivity index (χ1) is 9.36. The average molecular weight is 305 g/mol. The van der Waals surface area contributed by atoms with E-state index >= 15 is 0 Å². The van der Waals surface area contributed by atoms with Crippen LogP contribution in [-0.2, 0) is 9.53 Å². The molecule has 0 aliphatic carbocycles. The van der Waals surface area contributed by atoms with E-state index in [1.54, 1.807) is 6.92 Å². The number of hydrogen-bond donors (Lipinski definition) is 0. The number of esters is 1. The van der Waals surface area contributed by atoms with Crippen molar-refractivity contribution in [3.63, 3.8) is 0 Å². The molecule has 0 radical (unpaired) electrons. The van der Waals surface area contributed by atoms with Gasteiger partial charge in [-0.15, -0.1) is 0 Å². The quantitative estimate of drug-likeness (QED) is 0.459. The van der Waals surface area contributed by atoms with Crippen LogP contribution in [0.2, 0.25) is 5.02 Å². The zero-order valence-electron chi connectivity index (χ0n) is 11.1. The van der Waals surface area contributed by atoms with E-state index in [9.17, 15) is 19.3 Å². The third kappa shape index (κ3) is 4.06. The van der Waals surface area contributed by atoms with E-state index < -0.39 is 16.7 Å². The van der Waals surface area contributed by atoms with Gasteiger partial charge in [-0.05, 0) is 6.92 Å². The molecule has 0 aliphatic rings. The van der Waals surface area contributed by atoms with Crippen LogP contribution in [0.3, 0.4) is 0 Å². The van der Waals surface area contributed by atoms with Crippen molar-refractivity contribution < 1.29 is 18.8 Å². The second-order valence-electron chi connectivity index (χ2n) is 3.99. The first-order valence-electron chi connectivity index (χ1n) is 5.87. The van der Waals surface area contributed by atoms with Crippen LogP contribution in [0.5, 0.6) is 0 Å². The fourth-order valence-corrected chi connectivity index (χ4v) is 1.75. The topological polar surface area (TPSA) is 72.7 Å². The van der Waals surface area contributed by atoms with Gasteiger partial charge in [-0.2, -0.15) is 0 Å². The highest BCUT2D eigenvalue weighted by atomic mass is 35.5. The van der Waals surface area contributed by atoms with Gasteiger partial charge in [0.2, 0.25) is 0 Å². The number of rotatable bonds is 6. The SMILES string of the molecule is CCOC(=O)CCN(C)c1cc(F)c(Cl)cc1[N+](=O)[O-]. The Labute approximate surface area is 120 Å². The number of nitro benzene ring substituents is 1. The van der Waals surface area contributed by atoms with Crippen LogP contribution >= 0.6 is 11.6 Å². The van der Waals surface area contributed by atoms with E-state index in [0.717, 1.165) is 12.1 Å². The van der Waals surface area contributed by atoms with Crippen LogP contribution in [0, 0.1) is 15.9 Å². The second-order valence-corrected chi connectivity index (χ2v) is 4.40. The highest BCUT2D eigenvalue weighted by molar-refractivity contribution is 6.31. The number of nitro groups is 1. The van der Waals surface area contributed by atoms with E-state index in [1.807, 2.05) is 0 Å². The molecule has 0 unspecified atom stereocenters. The molecule has 0 saturated heterocycles. The molecule has 8 heteroatoms. The van der Waals surface area contributed by atoms with Gasteiger partial charge in [0, 0.05) is 25.7 Å². The number of ether oxygens (including phenoxy) is 1. The molecule has 6 nitrogen and oxygen atoms in total. The van der Waals surface area contributed by atoms with Crippen molar-refractivity contribution in [1.82, 2.24) is 0 Å². The zero-order chi connectivity index (χ0) is 15.3. The molecule has 0 aliphatic heterocycles. The van der Waals surface area contributed by atoms with Gasteiger partial charge in [-0.1, -0.05) is 11.6 Å². The third-order valence-electron chi connectivity index (χ3n) is 2.58. The predicted molar refractivity (Wildman–Crippen MR) is 72.6 cm³/mol. The summed E-state index contributed by atoms with van der Waals surface area (Å²) in [5, 5.41) is 10.6. The molecule has 1 rings (SSSR count). The fraction of sp³-hybridized carbons (Fsp3) is 0.417. The van der Waals surface area contributed by atoms with Gasteiger partial charge in [0.15, 0.2) is 0 Å². The molecule has 110 valence electrons. The maximum atomic E-state index is 13.4. The largest absolute Gasteiger partial charge is 0.466 e. The molecule has 0 aromatic heterocycles. The van der Waals surface area contributed by atoms with Gasteiger partial charge in [0.05, 0.1) is 23.0 Å². The van der Waals surface area contributed by atoms with E-state index in [0.29, 0.717) is 0 Å². The third-order valence-corrected chi connectivity index (χ3v) is 2.87. The Balaban J connectivity index is 2.91. The molecule has 0 saturated carbocycles. The lowest BCUT2D eigenvalue weighted by molar-refractivity contribution is -0.384. The van der Waals surface area contributed by atoms with Crippen molar-refractivity contribution in [1.29, 1.82) is 0 Å². The van der Waals surface area contributed by atoms with Gasteiger partial charge < -0.3 is 9.64 Å². The minimum atomic E-state index is -0.754. The monoisotopic (exact) mass is 304 g/mol. The number of carbonyl (C=O) groups is 1. The van der Waals surface area contributed by atoms with Gasteiger partial charge in [0.1, 0.15) is 11.5 Å². The number of carbonyl (C=O) groups excluding carboxylic acids is 1. The van der Waals surface area contributed by atoms with Crippen molar-refractivity contribution >= 4 is 28.9 Å². The number of benzene rings is 1. The smallest absolute Gasteiger partial charge is 0.307 e. The zero-order valence-corrected chi connectivity index (χ0v) is 11.8. The molecule has 1 aromatic carbocycles. The lowest BCUT2D eigenvalue weighted by atomic mass is 10.2. The van der Waals surface area contributed by atoms with Crippen LogP contribution in [0.15, 0.2) is 12.1 Å². The summed E-state index contributed by atoms with van der Waals surface area (Å²) in [6, 6.07) is 1.93. The van der Waals surface area contributed by atoms with Crippen molar-refractivity contribution in [2.45, 2.75) is 13.3 Å². The maximum absolute atomic E-state index is 13.4. The van der Waals surface area contributed by atoms with E-state index in [2.05, 4.69) is 0 Å². The molecule has 0 heterocycles. The molecule has 0 amide bonds. The second kappa shape index (κ2) is 7.04. The molecule has 0 atom stereocenters. The van der Waals surface area contributed by atoms with Gasteiger partial charge in [0.25, 0.3) is 5.69 Å². The van der Waals surface area contributed by atoms with Gasteiger partial charge >= 0.3 is 5.97 Å². The maximum Gasteiger partial charge on any atom is 0.307 e. The summed E-state index contributed by atoms with van der Waals surface area (Å²) in [5.74, 6) is -1.17. The highest BCUT2D eigenvalue weighted by Gasteiger charge is 2.21. The van der Waals surface area contributed by atoms with Crippen LogP contribution in [-0.4, -0.2) is 31.1 Å². The summed E-state index contributed by atoms with van der Waals surface area (Å²) >= 11 is 5.53. The predicted octanol–water partition coefficient (Wildman–Crippen LogP) is 2.78. The van der Waals surface area contributed by atoms with Crippen LogP contribution < -0.4 is 4.90 Å². The highest BCUT2D eigenvalue weighted by Crippen LogP contribution is 2.32. The Hall–Kier alpha value is -1.89. The Morgan fingerprint density at radius 2 is 2.20 bits per heavy atom. The lowest BCUT2D eigenvalue weighted by Crippen LogP contribution is -2.23. The van der Waals surface area contributed by atoms with Crippen molar-refractivity contribution in [2.24, 2.45) is 0 Å². The summed E-state index contributed by atoms with van der Waals surface area (Å²) in [6.07, 6.45) is 0.0474. The molecule has 0 N–H and O–H groups in total. The molecular formula is C12H14ClFN2O4. The minimum absolute atomic E-state index is 0.0474. The summed E-state index contributed by atoms with van der Waals surface area (Å²) in [6.45, 7) is 2.11. The number of halogens is 2. The average Bonchev–Trinajstić information content (AvgIpc) is 2.38.